The van der Waals surface area contributed by atoms with Crippen LogP contribution in [0.25, 0.3) is 5.69 Å². The molecule has 1 saturated heterocycles. The summed E-state index contributed by atoms with van der Waals surface area (Å²) in [6.45, 7) is 3.86. The Hall–Kier alpha value is -4.01. The first-order valence-corrected chi connectivity index (χ1v) is 11.1. The van der Waals surface area contributed by atoms with Gasteiger partial charge in [0.1, 0.15) is 5.82 Å². The minimum atomic E-state index is -0.397. The van der Waals surface area contributed by atoms with Crippen molar-refractivity contribution in [2.24, 2.45) is 5.10 Å². The SMILES string of the molecule is COc1cc(C(=O)N/N=C/c2c(C)nn(-c3ccccc3)c2N2CCCC2)cc(OC)c1OC. The predicted molar refractivity (Wildman–Crippen MR) is 131 cm³/mol. The number of ether oxygens (including phenoxy) is 3. The molecule has 1 aliphatic rings. The van der Waals surface area contributed by atoms with Gasteiger partial charge in [0.25, 0.3) is 5.91 Å². The van der Waals surface area contributed by atoms with Gasteiger partial charge in [-0.25, -0.2) is 10.1 Å². The van der Waals surface area contributed by atoms with Crippen LogP contribution in [0.15, 0.2) is 47.6 Å². The fourth-order valence-corrected chi connectivity index (χ4v) is 4.09. The van der Waals surface area contributed by atoms with Gasteiger partial charge in [0.2, 0.25) is 5.75 Å². The number of carbonyl (C=O) groups is 1. The third-order valence-electron chi connectivity index (χ3n) is 5.77. The largest absolute Gasteiger partial charge is 0.493 e. The third-order valence-corrected chi connectivity index (χ3v) is 5.77. The number of aryl methyl sites for hydroxylation is 1. The number of carbonyl (C=O) groups excluding carboxylic acids is 1. The normalized spacial score (nSPS) is 13.4. The van der Waals surface area contributed by atoms with Gasteiger partial charge in [-0.2, -0.15) is 10.2 Å². The number of anilines is 1. The van der Waals surface area contributed by atoms with E-state index in [-0.39, 0.29) is 0 Å². The molecular weight excluding hydrogens is 434 g/mol. The summed E-state index contributed by atoms with van der Waals surface area (Å²) in [5.41, 5.74) is 5.62. The summed E-state index contributed by atoms with van der Waals surface area (Å²) in [6.07, 6.45) is 3.92. The van der Waals surface area contributed by atoms with E-state index in [1.54, 1.807) is 18.3 Å². The lowest BCUT2D eigenvalue weighted by molar-refractivity contribution is 0.0954. The molecule has 1 aliphatic heterocycles. The quantitative estimate of drug-likeness (QED) is 0.406. The maximum absolute atomic E-state index is 12.8. The van der Waals surface area contributed by atoms with Crippen LogP contribution < -0.4 is 24.5 Å². The number of nitrogens with zero attached hydrogens (tertiary/aromatic N) is 4. The van der Waals surface area contributed by atoms with E-state index in [1.165, 1.54) is 21.3 Å². The smallest absolute Gasteiger partial charge is 0.271 e. The van der Waals surface area contributed by atoms with E-state index in [0.29, 0.717) is 22.8 Å². The first-order valence-electron chi connectivity index (χ1n) is 11.1. The number of nitrogens with one attached hydrogen (secondary N) is 1. The molecule has 2 heterocycles. The third kappa shape index (κ3) is 4.54. The molecule has 9 nitrogen and oxygen atoms in total. The zero-order valence-corrected chi connectivity index (χ0v) is 19.9. The van der Waals surface area contributed by atoms with E-state index < -0.39 is 5.91 Å². The molecule has 0 unspecified atom stereocenters. The Bertz CT molecular complexity index is 1160. The summed E-state index contributed by atoms with van der Waals surface area (Å²) in [4.78, 5) is 15.1. The maximum atomic E-state index is 12.8. The summed E-state index contributed by atoms with van der Waals surface area (Å²) in [5.74, 6) is 1.79. The average Bonchev–Trinajstić information content (AvgIpc) is 3.51. The Kier molecular flexibility index (Phi) is 7.01. The molecule has 0 atom stereocenters. The second-order valence-electron chi connectivity index (χ2n) is 7.88. The minimum Gasteiger partial charge on any atom is -0.493 e. The zero-order valence-electron chi connectivity index (χ0n) is 19.9. The molecule has 0 radical (unpaired) electrons. The Labute approximate surface area is 198 Å². The second-order valence-corrected chi connectivity index (χ2v) is 7.88. The van der Waals surface area contributed by atoms with Crippen LogP contribution in [0.1, 0.15) is 34.5 Å². The van der Waals surface area contributed by atoms with Crippen LogP contribution >= 0.6 is 0 Å². The first-order chi connectivity index (χ1) is 16.6. The lowest BCUT2D eigenvalue weighted by Crippen LogP contribution is -2.23. The van der Waals surface area contributed by atoms with Crippen LogP contribution in [0.4, 0.5) is 5.82 Å². The summed E-state index contributed by atoms with van der Waals surface area (Å²) in [7, 11) is 4.52. The Morgan fingerprint density at radius 3 is 2.26 bits per heavy atom. The van der Waals surface area contributed by atoms with Crippen LogP contribution in [-0.4, -0.2) is 56.3 Å². The van der Waals surface area contributed by atoms with E-state index >= 15 is 0 Å². The van der Waals surface area contributed by atoms with E-state index in [4.69, 9.17) is 19.3 Å². The highest BCUT2D eigenvalue weighted by Crippen LogP contribution is 2.38. The van der Waals surface area contributed by atoms with Gasteiger partial charge >= 0.3 is 0 Å². The number of methoxy groups -OCH3 is 3. The Morgan fingerprint density at radius 1 is 1.03 bits per heavy atom. The van der Waals surface area contributed by atoms with E-state index in [9.17, 15) is 4.79 Å². The summed E-state index contributed by atoms with van der Waals surface area (Å²) >= 11 is 0. The van der Waals surface area contributed by atoms with E-state index in [2.05, 4.69) is 15.4 Å². The van der Waals surface area contributed by atoms with Crippen molar-refractivity contribution < 1.29 is 19.0 Å². The fraction of sp³-hybridized carbons (Fsp3) is 0.320. The van der Waals surface area contributed by atoms with Gasteiger partial charge < -0.3 is 19.1 Å². The van der Waals surface area contributed by atoms with Gasteiger partial charge in [-0.3, -0.25) is 4.79 Å². The van der Waals surface area contributed by atoms with Gasteiger partial charge in [-0.05, 0) is 44.0 Å². The molecule has 2 aromatic carbocycles. The maximum Gasteiger partial charge on any atom is 0.271 e. The molecule has 0 bridgehead atoms. The molecule has 178 valence electrons. The molecule has 0 spiro atoms. The van der Waals surface area contributed by atoms with Crippen LogP contribution in [0.2, 0.25) is 0 Å². The molecule has 1 fully saturated rings. The number of para-hydroxylation sites is 1. The lowest BCUT2D eigenvalue weighted by Gasteiger charge is -2.20. The topological polar surface area (TPSA) is 90.2 Å². The predicted octanol–water partition coefficient (Wildman–Crippen LogP) is 3.57. The number of rotatable bonds is 8. The molecule has 34 heavy (non-hydrogen) atoms. The van der Waals surface area contributed by atoms with E-state index in [0.717, 1.165) is 48.7 Å². The number of benzene rings is 2. The number of hydrazone groups is 1. The highest BCUT2D eigenvalue weighted by Gasteiger charge is 2.23. The number of hydrogen-bond donors (Lipinski definition) is 1. The van der Waals surface area contributed by atoms with Crippen molar-refractivity contribution in [3.8, 4) is 22.9 Å². The number of amides is 1. The fourth-order valence-electron chi connectivity index (χ4n) is 4.09. The summed E-state index contributed by atoms with van der Waals surface area (Å²) < 4.78 is 17.9. The Balaban J connectivity index is 1.62. The Morgan fingerprint density at radius 2 is 1.68 bits per heavy atom. The monoisotopic (exact) mass is 463 g/mol. The van der Waals surface area contributed by atoms with Crippen LogP contribution in [0.5, 0.6) is 17.2 Å². The molecule has 4 rings (SSSR count). The first kappa shape index (κ1) is 23.2. The summed E-state index contributed by atoms with van der Waals surface area (Å²) in [6, 6.07) is 13.2. The minimum absolute atomic E-state index is 0.336. The van der Waals surface area contributed by atoms with Crippen molar-refractivity contribution in [3.63, 3.8) is 0 Å². The van der Waals surface area contributed by atoms with Gasteiger partial charge in [-0.1, -0.05) is 18.2 Å². The molecule has 3 aromatic rings. The van der Waals surface area contributed by atoms with Crippen molar-refractivity contribution >= 4 is 17.9 Å². The standard InChI is InChI=1S/C25H29N5O4/c1-17-20(25(29-12-8-9-13-29)30(28-17)19-10-6-5-7-11-19)16-26-27-24(31)18-14-21(32-2)23(34-4)22(15-18)33-3/h5-7,10-11,14-16H,8-9,12-13H2,1-4H3,(H,27,31)/b26-16+. The number of aromatic nitrogens is 2. The lowest BCUT2D eigenvalue weighted by atomic mass is 10.1. The highest BCUT2D eigenvalue weighted by molar-refractivity contribution is 5.97. The summed E-state index contributed by atoms with van der Waals surface area (Å²) in [5, 5.41) is 9.02. The van der Waals surface area contributed by atoms with Crippen molar-refractivity contribution in [2.45, 2.75) is 19.8 Å². The number of hydrogen-bond acceptors (Lipinski definition) is 7. The molecule has 0 saturated carbocycles. The van der Waals surface area contributed by atoms with Gasteiger partial charge in [0.15, 0.2) is 11.5 Å². The molecule has 9 heteroatoms. The molecule has 1 N–H and O–H groups in total. The van der Waals surface area contributed by atoms with Crippen LogP contribution in [-0.2, 0) is 0 Å². The molecular formula is C25H29N5O4. The molecule has 0 aliphatic carbocycles. The molecule has 1 aromatic heterocycles. The van der Waals surface area contributed by atoms with E-state index in [1.807, 2.05) is 41.9 Å². The molecule has 1 amide bonds. The van der Waals surface area contributed by atoms with Gasteiger partial charge in [0.05, 0.1) is 44.5 Å². The second kappa shape index (κ2) is 10.3. The average molecular weight is 464 g/mol. The van der Waals surface area contributed by atoms with Crippen molar-refractivity contribution in [1.29, 1.82) is 0 Å². The highest BCUT2D eigenvalue weighted by atomic mass is 16.5. The van der Waals surface area contributed by atoms with Crippen LogP contribution in [0, 0.1) is 6.92 Å². The van der Waals surface area contributed by atoms with Crippen LogP contribution in [0.3, 0.4) is 0 Å². The van der Waals surface area contributed by atoms with Crippen molar-refractivity contribution in [3.05, 3.63) is 59.3 Å². The van der Waals surface area contributed by atoms with Gasteiger partial charge in [-0.15, -0.1) is 0 Å². The van der Waals surface area contributed by atoms with Gasteiger partial charge in [0, 0.05) is 18.7 Å². The van der Waals surface area contributed by atoms with Crippen molar-refractivity contribution in [1.82, 2.24) is 15.2 Å². The van der Waals surface area contributed by atoms with Crippen molar-refractivity contribution in [2.75, 3.05) is 39.3 Å². The zero-order chi connectivity index (χ0) is 24.1.